The number of nitrogens with one attached hydrogen (secondary N) is 2. The molecule has 1 aromatic heterocycles. The van der Waals surface area contributed by atoms with Crippen molar-refractivity contribution < 1.29 is 4.79 Å². The molecule has 0 aliphatic rings. The second-order valence-electron chi connectivity index (χ2n) is 5.09. The Hall–Kier alpha value is -1.14. The highest BCUT2D eigenvalue weighted by Gasteiger charge is 2.08. The molecule has 1 unspecified atom stereocenters. The minimum Gasteiger partial charge on any atom is -0.354 e. The van der Waals surface area contributed by atoms with Crippen LogP contribution in [0.3, 0.4) is 0 Å². The Balaban J connectivity index is 2.25. The molecule has 1 amide bonds. The Morgan fingerprint density at radius 3 is 2.71 bits per heavy atom. The van der Waals surface area contributed by atoms with Crippen LogP contribution >= 0.6 is 11.3 Å². The Kier molecular flexibility index (Phi) is 8.30. The third-order valence-corrected chi connectivity index (χ3v) is 4.48. The summed E-state index contributed by atoms with van der Waals surface area (Å²) in [6, 6.07) is 0.260. The molecule has 0 aliphatic carbocycles. The Bertz CT molecular complexity index is 418. The van der Waals surface area contributed by atoms with E-state index < -0.39 is 0 Å². The number of amides is 1. The number of hydrogen-bond donors (Lipinski definition) is 2. The Labute approximate surface area is 132 Å². The third-order valence-electron chi connectivity index (χ3n) is 3.42. The van der Waals surface area contributed by atoms with E-state index in [2.05, 4.69) is 41.3 Å². The molecule has 120 valence electrons. The fraction of sp³-hybridized carbons (Fsp3) is 0.733. The van der Waals surface area contributed by atoms with E-state index in [-0.39, 0.29) is 11.9 Å². The number of aromatic nitrogens is 1. The zero-order chi connectivity index (χ0) is 15.7. The molecular formula is C15H28N4OS. The van der Waals surface area contributed by atoms with Crippen LogP contribution in [0.2, 0.25) is 0 Å². The fourth-order valence-corrected chi connectivity index (χ4v) is 2.89. The van der Waals surface area contributed by atoms with Crippen molar-refractivity contribution in [3.05, 3.63) is 11.1 Å². The Morgan fingerprint density at radius 1 is 1.38 bits per heavy atom. The van der Waals surface area contributed by atoms with Crippen molar-refractivity contribution in [3.63, 3.8) is 0 Å². The summed E-state index contributed by atoms with van der Waals surface area (Å²) in [6.45, 7) is 11.8. The molecule has 0 saturated heterocycles. The second-order valence-corrected chi connectivity index (χ2v) is 6.18. The molecule has 0 radical (unpaired) electrons. The smallest absolute Gasteiger partial charge is 0.221 e. The lowest BCUT2D eigenvalue weighted by atomic mass is 10.2. The van der Waals surface area contributed by atoms with Crippen LogP contribution < -0.4 is 15.5 Å². The van der Waals surface area contributed by atoms with Gasteiger partial charge in [-0.25, -0.2) is 4.98 Å². The first-order chi connectivity index (χ1) is 10.1. The summed E-state index contributed by atoms with van der Waals surface area (Å²) < 4.78 is 0. The van der Waals surface area contributed by atoms with E-state index >= 15 is 0 Å². The van der Waals surface area contributed by atoms with Crippen LogP contribution in [-0.4, -0.2) is 36.6 Å². The van der Waals surface area contributed by atoms with Crippen molar-refractivity contribution in [3.8, 4) is 0 Å². The maximum atomic E-state index is 11.6. The summed E-state index contributed by atoms with van der Waals surface area (Å²) in [5.74, 6) is 0.116. The molecule has 1 atom stereocenters. The molecule has 6 heteroatoms. The largest absolute Gasteiger partial charge is 0.354 e. The summed E-state index contributed by atoms with van der Waals surface area (Å²) in [5.41, 5.74) is 0. The monoisotopic (exact) mass is 312 g/mol. The van der Waals surface area contributed by atoms with Gasteiger partial charge in [0, 0.05) is 49.7 Å². The molecule has 21 heavy (non-hydrogen) atoms. The molecule has 0 aliphatic heterocycles. The van der Waals surface area contributed by atoms with Crippen molar-refractivity contribution in [1.29, 1.82) is 0 Å². The number of carbonyl (C=O) groups is 1. The molecule has 5 nitrogen and oxygen atoms in total. The first-order valence-corrected chi connectivity index (χ1v) is 8.62. The highest BCUT2D eigenvalue weighted by molar-refractivity contribution is 7.15. The lowest BCUT2D eigenvalue weighted by Gasteiger charge is -2.16. The van der Waals surface area contributed by atoms with E-state index in [1.54, 1.807) is 11.3 Å². The van der Waals surface area contributed by atoms with Gasteiger partial charge in [-0.3, -0.25) is 4.79 Å². The minimum absolute atomic E-state index is 0.116. The highest BCUT2D eigenvalue weighted by Crippen LogP contribution is 2.21. The van der Waals surface area contributed by atoms with Crippen LogP contribution in [0.4, 0.5) is 5.13 Å². The van der Waals surface area contributed by atoms with Crippen LogP contribution in [0.15, 0.2) is 6.20 Å². The number of carbonyl (C=O) groups excluding carboxylic acids is 1. The number of anilines is 1. The topological polar surface area (TPSA) is 57.3 Å². The third kappa shape index (κ3) is 6.44. The van der Waals surface area contributed by atoms with Crippen LogP contribution in [0, 0.1) is 0 Å². The van der Waals surface area contributed by atoms with E-state index in [9.17, 15) is 4.79 Å². The van der Waals surface area contributed by atoms with E-state index in [1.807, 2.05) is 13.1 Å². The molecule has 2 N–H and O–H groups in total. The van der Waals surface area contributed by atoms with Crippen molar-refractivity contribution in [2.45, 2.75) is 53.1 Å². The predicted octanol–water partition coefficient (Wildman–Crippen LogP) is 2.38. The highest BCUT2D eigenvalue weighted by atomic mass is 32.1. The van der Waals surface area contributed by atoms with Crippen LogP contribution in [0.25, 0.3) is 0 Å². The zero-order valence-corrected chi connectivity index (χ0v) is 14.4. The van der Waals surface area contributed by atoms with Gasteiger partial charge in [0.05, 0.1) is 0 Å². The maximum Gasteiger partial charge on any atom is 0.221 e. The lowest BCUT2D eigenvalue weighted by Crippen LogP contribution is -2.33. The average Bonchev–Trinajstić information content (AvgIpc) is 2.93. The van der Waals surface area contributed by atoms with Gasteiger partial charge in [0.1, 0.15) is 0 Å². The number of nitrogens with zero attached hydrogens (tertiary/aromatic N) is 2. The van der Waals surface area contributed by atoms with E-state index in [0.29, 0.717) is 13.0 Å². The normalized spacial score (nSPS) is 12.2. The van der Waals surface area contributed by atoms with Gasteiger partial charge >= 0.3 is 0 Å². The maximum absolute atomic E-state index is 11.6. The second kappa shape index (κ2) is 9.73. The first-order valence-electron chi connectivity index (χ1n) is 7.80. The SMILES string of the molecule is CCC(C)NC(=O)CCNCc1cnc(N(CC)CC)s1. The van der Waals surface area contributed by atoms with Gasteiger partial charge in [-0.2, -0.15) is 0 Å². The Morgan fingerprint density at radius 2 is 2.10 bits per heavy atom. The van der Waals surface area contributed by atoms with Gasteiger partial charge < -0.3 is 15.5 Å². The first kappa shape index (κ1) is 17.9. The van der Waals surface area contributed by atoms with Gasteiger partial charge in [-0.1, -0.05) is 6.92 Å². The fourth-order valence-electron chi connectivity index (χ4n) is 1.88. The average molecular weight is 312 g/mol. The standard InChI is InChI=1S/C15H28N4OS/c1-5-12(4)18-14(20)8-9-16-10-13-11-17-15(21-13)19(6-2)7-3/h11-12,16H,5-10H2,1-4H3,(H,18,20). The quantitative estimate of drug-likeness (QED) is 0.651. The summed E-state index contributed by atoms with van der Waals surface area (Å²) in [4.78, 5) is 19.5. The van der Waals surface area contributed by atoms with Crippen molar-refractivity contribution in [1.82, 2.24) is 15.6 Å². The minimum atomic E-state index is 0.116. The summed E-state index contributed by atoms with van der Waals surface area (Å²) in [5, 5.41) is 7.35. The van der Waals surface area contributed by atoms with Gasteiger partial charge in [0.25, 0.3) is 0 Å². The zero-order valence-electron chi connectivity index (χ0n) is 13.6. The molecule has 0 saturated carbocycles. The molecule has 0 fully saturated rings. The summed E-state index contributed by atoms with van der Waals surface area (Å²) in [6.07, 6.45) is 3.41. The van der Waals surface area contributed by atoms with E-state index in [4.69, 9.17) is 0 Å². The van der Waals surface area contributed by atoms with Gasteiger partial charge in [-0.05, 0) is 27.2 Å². The molecule has 1 aromatic rings. The number of hydrogen-bond acceptors (Lipinski definition) is 5. The molecule has 1 heterocycles. The van der Waals surface area contributed by atoms with Crippen LogP contribution in [0.5, 0.6) is 0 Å². The van der Waals surface area contributed by atoms with Gasteiger partial charge in [0.2, 0.25) is 5.91 Å². The van der Waals surface area contributed by atoms with Gasteiger partial charge in [0.15, 0.2) is 5.13 Å². The van der Waals surface area contributed by atoms with E-state index in [1.165, 1.54) is 4.88 Å². The summed E-state index contributed by atoms with van der Waals surface area (Å²) in [7, 11) is 0. The van der Waals surface area contributed by atoms with Crippen LogP contribution in [-0.2, 0) is 11.3 Å². The van der Waals surface area contributed by atoms with Crippen LogP contribution in [0.1, 0.15) is 45.4 Å². The van der Waals surface area contributed by atoms with Crippen molar-refractivity contribution in [2.24, 2.45) is 0 Å². The molecular weight excluding hydrogens is 284 g/mol. The van der Waals surface area contributed by atoms with Gasteiger partial charge in [-0.15, -0.1) is 11.3 Å². The number of thiazole rings is 1. The predicted molar refractivity (Wildman–Crippen MR) is 89.9 cm³/mol. The molecule has 0 bridgehead atoms. The summed E-state index contributed by atoms with van der Waals surface area (Å²) >= 11 is 1.72. The molecule has 0 aromatic carbocycles. The molecule has 0 spiro atoms. The van der Waals surface area contributed by atoms with Crippen molar-refractivity contribution in [2.75, 3.05) is 24.5 Å². The lowest BCUT2D eigenvalue weighted by molar-refractivity contribution is -0.121. The molecule has 1 rings (SSSR count). The van der Waals surface area contributed by atoms with E-state index in [0.717, 1.165) is 31.2 Å². The van der Waals surface area contributed by atoms with Crippen molar-refractivity contribution >= 4 is 22.4 Å². The number of rotatable bonds is 10.